The molecule has 0 radical (unpaired) electrons. The number of ketones is 2. The molecule has 0 aliphatic rings. The van der Waals surface area contributed by atoms with Gasteiger partial charge in [-0.1, -0.05) is 47.6 Å². The Balaban J connectivity index is 2.21. The van der Waals surface area contributed by atoms with Gasteiger partial charge in [-0.15, -0.1) is 0 Å². The predicted octanol–water partition coefficient (Wildman–Crippen LogP) is 2.93. The van der Waals surface area contributed by atoms with Crippen LogP contribution < -0.4 is 10.6 Å². The molecular weight excluding hydrogens is 462 g/mol. The summed E-state index contributed by atoms with van der Waals surface area (Å²) < 4.78 is 0. The van der Waals surface area contributed by atoms with Gasteiger partial charge in [0, 0.05) is 53.5 Å². The molecule has 0 aliphatic heterocycles. The van der Waals surface area contributed by atoms with E-state index < -0.39 is 40.0 Å². The molecule has 2 aromatic rings. The third-order valence-corrected chi connectivity index (χ3v) is 5.52. The summed E-state index contributed by atoms with van der Waals surface area (Å²) in [6, 6.07) is 6.43. The summed E-state index contributed by atoms with van der Waals surface area (Å²) in [5.41, 5.74) is -1.50. The molecule has 9 heteroatoms. The van der Waals surface area contributed by atoms with Crippen molar-refractivity contribution >= 4 is 17.5 Å². The van der Waals surface area contributed by atoms with Crippen LogP contribution in [0.5, 0.6) is 11.5 Å². The van der Waals surface area contributed by atoms with Gasteiger partial charge < -0.3 is 26.0 Å². The molecule has 0 saturated heterocycles. The number of rotatable bonds is 10. The number of hydrogen-bond acceptors (Lipinski definition) is 8. The Morgan fingerprint density at radius 1 is 0.972 bits per heavy atom. The van der Waals surface area contributed by atoms with Crippen LogP contribution in [0.4, 0.5) is 0 Å². The third-order valence-electron chi connectivity index (χ3n) is 5.52. The zero-order valence-corrected chi connectivity index (χ0v) is 21.8. The maximum atomic E-state index is 13.2. The van der Waals surface area contributed by atoms with E-state index in [1.165, 1.54) is 0 Å². The van der Waals surface area contributed by atoms with Gasteiger partial charge in [0.1, 0.15) is 0 Å². The summed E-state index contributed by atoms with van der Waals surface area (Å²) in [4.78, 5) is 42.6. The minimum absolute atomic E-state index is 0.0247. The first-order chi connectivity index (χ1) is 16.6. The van der Waals surface area contributed by atoms with E-state index in [1.807, 2.05) is 0 Å². The zero-order chi connectivity index (χ0) is 27.3. The average Bonchev–Trinajstić information content (AvgIpc) is 2.78. The summed E-state index contributed by atoms with van der Waals surface area (Å²) in [6.07, 6.45) is 0.417. The number of hydrogen-bond donors (Lipinski definition) is 5. The molecule has 9 nitrogen and oxygen atoms in total. The van der Waals surface area contributed by atoms with E-state index in [9.17, 15) is 29.7 Å². The number of Topliss-reactive ketones (excluding diaryl/α,β-unsaturated/α-hetero) is 2. The number of nitrogens with one attached hydrogen (secondary N) is 2. The van der Waals surface area contributed by atoms with E-state index in [-0.39, 0.29) is 42.1 Å². The summed E-state index contributed by atoms with van der Waals surface area (Å²) in [5, 5.41) is 37.7. The number of aliphatic hydroxyl groups is 1. The van der Waals surface area contributed by atoms with Gasteiger partial charge in [-0.05, 0) is 18.2 Å². The van der Waals surface area contributed by atoms with E-state index in [0.29, 0.717) is 12.2 Å². The van der Waals surface area contributed by atoms with Crippen LogP contribution in [-0.4, -0.2) is 57.4 Å². The first-order valence-corrected chi connectivity index (χ1v) is 11.9. The van der Waals surface area contributed by atoms with Gasteiger partial charge in [0.25, 0.3) is 0 Å². The van der Waals surface area contributed by atoms with Crippen molar-refractivity contribution in [2.45, 2.75) is 54.1 Å². The van der Waals surface area contributed by atoms with Crippen molar-refractivity contribution in [2.24, 2.45) is 10.8 Å². The molecule has 0 spiro atoms. The lowest BCUT2D eigenvalue weighted by Gasteiger charge is -2.27. The SMILES string of the molecule is CC(C)(C)C(=O)c1cc(O)c(O)c(C(=O)C(C)(C)C)c1C(O)CNCCNC(=O)Cc1ccccn1. The number of aromatic hydroxyl groups is 2. The Hall–Kier alpha value is -3.30. The second-order valence-corrected chi connectivity index (χ2v) is 10.8. The van der Waals surface area contributed by atoms with Crippen molar-refractivity contribution in [3.8, 4) is 11.5 Å². The largest absolute Gasteiger partial charge is 0.504 e. The standard InChI is InChI=1S/C27H37N3O6/c1-26(2,3)24(35)17-14-18(31)23(34)22(25(36)27(4,5)6)21(17)19(32)15-28-11-12-30-20(33)13-16-9-7-8-10-29-16/h7-10,14,19,28,31-32,34H,11-13,15H2,1-6H3,(H,30,33). The molecule has 0 aliphatic carbocycles. The number of amides is 1. The topological polar surface area (TPSA) is 149 Å². The van der Waals surface area contributed by atoms with Crippen molar-refractivity contribution in [1.82, 2.24) is 15.6 Å². The highest BCUT2D eigenvalue weighted by Gasteiger charge is 2.36. The number of pyridine rings is 1. The molecule has 5 N–H and O–H groups in total. The summed E-state index contributed by atoms with van der Waals surface area (Å²) in [7, 11) is 0. The quantitative estimate of drug-likeness (QED) is 0.190. The number of carbonyl (C=O) groups is 3. The van der Waals surface area contributed by atoms with Crippen LogP contribution in [0.1, 0.15) is 79.6 Å². The lowest BCUT2D eigenvalue weighted by molar-refractivity contribution is -0.120. The number of phenolic OH excluding ortho intramolecular Hbond substituents is 2. The van der Waals surface area contributed by atoms with Crippen LogP contribution in [0.25, 0.3) is 0 Å². The lowest BCUT2D eigenvalue weighted by atomic mass is 9.78. The molecule has 0 fully saturated rings. The molecule has 1 heterocycles. The molecule has 1 amide bonds. The maximum absolute atomic E-state index is 13.2. The van der Waals surface area contributed by atoms with Gasteiger partial charge in [-0.2, -0.15) is 0 Å². The molecule has 0 bridgehead atoms. The van der Waals surface area contributed by atoms with E-state index >= 15 is 0 Å². The Labute approximate surface area is 212 Å². The predicted molar refractivity (Wildman–Crippen MR) is 136 cm³/mol. The van der Waals surface area contributed by atoms with Crippen molar-refractivity contribution in [1.29, 1.82) is 0 Å². The fraction of sp³-hybridized carbons (Fsp3) is 0.481. The molecule has 1 atom stereocenters. The zero-order valence-electron chi connectivity index (χ0n) is 21.8. The van der Waals surface area contributed by atoms with Crippen LogP contribution in [0.3, 0.4) is 0 Å². The van der Waals surface area contributed by atoms with Crippen LogP contribution in [-0.2, 0) is 11.2 Å². The molecule has 1 aromatic heterocycles. The number of nitrogens with zero attached hydrogens (tertiary/aromatic N) is 1. The number of phenols is 2. The second-order valence-electron chi connectivity index (χ2n) is 10.8. The van der Waals surface area contributed by atoms with E-state index in [1.54, 1.807) is 65.9 Å². The van der Waals surface area contributed by atoms with Crippen LogP contribution in [0.15, 0.2) is 30.5 Å². The lowest BCUT2D eigenvalue weighted by Crippen LogP contribution is -2.35. The van der Waals surface area contributed by atoms with Crippen LogP contribution in [0.2, 0.25) is 0 Å². The van der Waals surface area contributed by atoms with Gasteiger partial charge in [-0.25, -0.2) is 0 Å². The Morgan fingerprint density at radius 3 is 2.17 bits per heavy atom. The van der Waals surface area contributed by atoms with Crippen LogP contribution >= 0.6 is 0 Å². The average molecular weight is 500 g/mol. The van der Waals surface area contributed by atoms with E-state index in [2.05, 4.69) is 15.6 Å². The number of benzene rings is 1. The van der Waals surface area contributed by atoms with Crippen molar-refractivity contribution < 1.29 is 29.7 Å². The Morgan fingerprint density at radius 2 is 1.61 bits per heavy atom. The molecular formula is C27H37N3O6. The summed E-state index contributed by atoms with van der Waals surface area (Å²) in [5.74, 6) is -2.38. The monoisotopic (exact) mass is 499 g/mol. The van der Waals surface area contributed by atoms with Gasteiger partial charge in [0.05, 0.1) is 18.1 Å². The molecule has 2 rings (SSSR count). The van der Waals surface area contributed by atoms with Crippen molar-refractivity contribution in [3.05, 3.63) is 52.8 Å². The van der Waals surface area contributed by atoms with Crippen LogP contribution in [0, 0.1) is 10.8 Å². The highest BCUT2D eigenvalue weighted by molar-refractivity contribution is 6.09. The molecule has 1 unspecified atom stereocenters. The first kappa shape index (κ1) is 28.9. The fourth-order valence-corrected chi connectivity index (χ4v) is 3.58. The fourth-order valence-electron chi connectivity index (χ4n) is 3.58. The molecule has 196 valence electrons. The van der Waals surface area contributed by atoms with Gasteiger partial charge >= 0.3 is 0 Å². The van der Waals surface area contributed by atoms with E-state index in [4.69, 9.17) is 0 Å². The second kappa shape index (κ2) is 11.6. The Kier molecular flexibility index (Phi) is 9.34. The highest BCUT2D eigenvalue weighted by atomic mass is 16.3. The van der Waals surface area contributed by atoms with Gasteiger partial charge in [-0.3, -0.25) is 19.4 Å². The smallest absolute Gasteiger partial charge is 0.226 e. The van der Waals surface area contributed by atoms with Gasteiger partial charge in [0.2, 0.25) is 5.91 Å². The maximum Gasteiger partial charge on any atom is 0.226 e. The third kappa shape index (κ3) is 7.35. The first-order valence-electron chi connectivity index (χ1n) is 11.9. The Bertz CT molecular complexity index is 1100. The van der Waals surface area contributed by atoms with Crippen molar-refractivity contribution in [2.75, 3.05) is 19.6 Å². The minimum atomic E-state index is -1.34. The molecule has 1 aromatic carbocycles. The normalized spacial score (nSPS) is 12.8. The summed E-state index contributed by atoms with van der Waals surface area (Å²) >= 11 is 0. The number of carbonyl (C=O) groups excluding carboxylic acids is 3. The number of aromatic nitrogens is 1. The molecule has 0 saturated carbocycles. The number of aliphatic hydroxyl groups excluding tert-OH is 1. The minimum Gasteiger partial charge on any atom is -0.504 e. The van der Waals surface area contributed by atoms with Crippen molar-refractivity contribution in [3.63, 3.8) is 0 Å². The molecule has 36 heavy (non-hydrogen) atoms. The van der Waals surface area contributed by atoms with Gasteiger partial charge in [0.15, 0.2) is 23.1 Å². The highest BCUT2D eigenvalue weighted by Crippen LogP contribution is 2.42. The van der Waals surface area contributed by atoms with E-state index in [0.717, 1.165) is 6.07 Å². The summed E-state index contributed by atoms with van der Waals surface area (Å²) in [6.45, 7) is 10.5.